The highest BCUT2D eigenvalue weighted by molar-refractivity contribution is 7.89. The Bertz CT molecular complexity index is 936. The summed E-state index contributed by atoms with van der Waals surface area (Å²) in [5, 5.41) is 0. The SMILES string of the molecule is COc1ccc(C(C)NS(=O)(=O)c2c[nH]c(C(=O)N3CCCC3)c2)cc1F. The molecule has 1 aliphatic rings. The third kappa shape index (κ3) is 4.14. The number of methoxy groups -OCH3 is 1. The minimum atomic E-state index is -3.88. The van der Waals surface area contributed by atoms with Crippen LogP contribution in [0, 0.1) is 5.82 Å². The lowest BCUT2D eigenvalue weighted by molar-refractivity contribution is 0.0787. The molecule has 1 aromatic carbocycles. The van der Waals surface area contributed by atoms with Crippen LogP contribution in [0.4, 0.5) is 4.39 Å². The number of aromatic nitrogens is 1. The normalized spacial score (nSPS) is 15.7. The largest absolute Gasteiger partial charge is 0.494 e. The fourth-order valence-corrected chi connectivity index (χ4v) is 4.29. The van der Waals surface area contributed by atoms with E-state index >= 15 is 0 Å². The van der Waals surface area contributed by atoms with Gasteiger partial charge in [-0.15, -0.1) is 0 Å². The first-order chi connectivity index (χ1) is 12.8. The van der Waals surface area contributed by atoms with E-state index in [4.69, 9.17) is 4.74 Å². The average molecular weight is 395 g/mol. The first kappa shape index (κ1) is 19.4. The molecule has 2 aromatic rings. The van der Waals surface area contributed by atoms with Crippen molar-refractivity contribution >= 4 is 15.9 Å². The van der Waals surface area contributed by atoms with Gasteiger partial charge in [0.15, 0.2) is 11.6 Å². The second-order valence-electron chi connectivity index (χ2n) is 6.49. The molecule has 7 nitrogen and oxygen atoms in total. The number of hydrogen-bond donors (Lipinski definition) is 2. The summed E-state index contributed by atoms with van der Waals surface area (Å²) in [5.41, 5.74) is 0.696. The summed E-state index contributed by atoms with van der Waals surface area (Å²) in [6.45, 7) is 2.97. The molecule has 3 rings (SSSR count). The van der Waals surface area contributed by atoms with E-state index in [0.29, 0.717) is 18.7 Å². The second kappa shape index (κ2) is 7.69. The number of benzene rings is 1. The fourth-order valence-electron chi connectivity index (χ4n) is 3.06. The van der Waals surface area contributed by atoms with Gasteiger partial charge in [-0.3, -0.25) is 4.79 Å². The summed E-state index contributed by atoms with van der Waals surface area (Å²) < 4.78 is 46.4. The topological polar surface area (TPSA) is 91.5 Å². The van der Waals surface area contributed by atoms with E-state index in [2.05, 4.69) is 9.71 Å². The number of halogens is 1. The third-order valence-electron chi connectivity index (χ3n) is 4.60. The van der Waals surface area contributed by atoms with E-state index in [1.54, 1.807) is 17.9 Å². The van der Waals surface area contributed by atoms with Crippen molar-refractivity contribution in [3.8, 4) is 5.75 Å². The monoisotopic (exact) mass is 395 g/mol. The van der Waals surface area contributed by atoms with Crippen molar-refractivity contribution in [2.75, 3.05) is 20.2 Å². The molecule has 0 aliphatic carbocycles. The number of amides is 1. The van der Waals surface area contributed by atoms with Crippen LogP contribution in [-0.2, 0) is 10.0 Å². The number of H-pyrrole nitrogens is 1. The Balaban J connectivity index is 1.74. The van der Waals surface area contributed by atoms with E-state index in [1.807, 2.05) is 0 Å². The van der Waals surface area contributed by atoms with Gasteiger partial charge in [-0.2, -0.15) is 0 Å². The number of likely N-dealkylation sites (tertiary alicyclic amines) is 1. The maximum Gasteiger partial charge on any atom is 0.270 e. The molecule has 1 unspecified atom stereocenters. The zero-order valence-corrected chi connectivity index (χ0v) is 16.0. The van der Waals surface area contributed by atoms with Gasteiger partial charge in [0.2, 0.25) is 10.0 Å². The zero-order chi connectivity index (χ0) is 19.6. The Morgan fingerprint density at radius 3 is 2.63 bits per heavy atom. The van der Waals surface area contributed by atoms with Crippen LogP contribution in [0.2, 0.25) is 0 Å². The molecule has 2 heterocycles. The molecular weight excluding hydrogens is 373 g/mol. The minimum absolute atomic E-state index is 0.0362. The summed E-state index contributed by atoms with van der Waals surface area (Å²) in [6.07, 6.45) is 3.19. The number of nitrogens with zero attached hydrogens (tertiary/aromatic N) is 1. The Hall–Kier alpha value is -2.39. The maximum absolute atomic E-state index is 13.9. The van der Waals surface area contributed by atoms with Crippen molar-refractivity contribution in [3.05, 3.63) is 47.5 Å². The van der Waals surface area contributed by atoms with Gasteiger partial charge in [0.05, 0.1) is 7.11 Å². The first-order valence-electron chi connectivity index (χ1n) is 8.65. The number of nitrogens with one attached hydrogen (secondary N) is 2. The smallest absolute Gasteiger partial charge is 0.270 e. The number of sulfonamides is 1. The molecule has 1 atom stereocenters. The van der Waals surface area contributed by atoms with Gasteiger partial charge >= 0.3 is 0 Å². The molecule has 9 heteroatoms. The maximum atomic E-state index is 13.9. The molecule has 1 amide bonds. The van der Waals surface area contributed by atoms with E-state index in [-0.39, 0.29) is 22.2 Å². The van der Waals surface area contributed by atoms with Crippen LogP contribution in [0.1, 0.15) is 41.9 Å². The van der Waals surface area contributed by atoms with Crippen LogP contribution in [0.15, 0.2) is 35.4 Å². The molecule has 1 fully saturated rings. The predicted octanol–water partition coefficient (Wildman–Crippen LogP) is 2.44. The lowest BCUT2D eigenvalue weighted by Crippen LogP contribution is -2.28. The molecule has 0 radical (unpaired) electrons. The summed E-state index contributed by atoms with van der Waals surface area (Å²) >= 11 is 0. The molecule has 2 N–H and O–H groups in total. The Morgan fingerprint density at radius 1 is 1.30 bits per heavy atom. The highest BCUT2D eigenvalue weighted by Gasteiger charge is 2.25. The standard InChI is InChI=1S/C18H22FN3O4S/c1-12(13-5-6-17(26-2)15(19)9-13)21-27(24,25)14-10-16(20-11-14)18(23)22-7-3-4-8-22/h5-6,9-12,20-21H,3-4,7-8H2,1-2H3. The van der Waals surface area contributed by atoms with Crippen LogP contribution in [0.5, 0.6) is 5.75 Å². The van der Waals surface area contributed by atoms with Gasteiger partial charge < -0.3 is 14.6 Å². The number of hydrogen-bond acceptors (Lipinski definition) is 4. The van der Waals surface area contributed by atoms with Gasteiger partial charge in [-0.25, -0.2) is 17.5 Å². The zero-order valence-electron chi connectivity index (χ0n) is 15.2. The highest BCUT2D eigenvalue weighted by Crippen LogP contribution is 2.23. The Kier molecular flexibility index (Phi) is 5.52. The number of aromatic amines is 1. The summed E-state index contributed by atoms with van der Waals surface area (Å²) in [4.78, 5) is 16.8. The lowest BCUT2D eigenvalue weighted by Gasteiger charge is -2.15. The van der Waals surface area contributed by atoms with Crippen molar-refractivity contribution in [2.45, 2.75) is 30.7 Å². The quantitative estimate of drug-likeness (QED) is 0.786. The van der Waals surface area contributed by atoms with Gasteiger partial charge in [-0.05, 0) is 43.5 Å². The summed E-state index contributed by atoms with van der Waals surface area (Å²) in [5.74, 6) is -0.690. The van der Waals surface area contributed by atoms with E-state index in [9.17, 15) is 17.6 Å². The first-order valence-corrected chi connectivity index (χ1v) is 10.1. The average Bonchev–Trinajstić information content (AvgIpc) is 3.32. The Morgan fingerprint density at radius 2 is 2.00 bits per heavy atom. The molecule has 0 bridgehead atoms. The molecule has 1 saturated heterocycles. The van der Waals surface area contributed by atoms with Crippen LogP contribution >= 0.6 is 0 Å². The molecule has 0 saturated carbocycles. The van der Waals surface area contributed by atoms with Crippen LogP contribution in [-0.4, -0.2) is 44.4 Å². The third-order valence-corrected chi connectivity index (χ3v) is 6.12. The van der Waals surface area contributed by atoms with Gasteiger partial charge in [0.25, 0.3) is 5.91 Å². The Labute approximate surface area is 157 Å². The van der Waals surface area contributed by atoms with E-state index < -0.39 is 21.9 Å². The predicted molar refractivity (Wildman–Crippen MR) is 97.6 cm³/mol. The van der Waals surface area contributed by atoms with Gasteiger partial charge in [-0.1, -0.05) is 6.07 Å². The second-order valence-corrected chi connectivity index (χ2v) is 8.20. The lowest BCUT2D eigenvalue weighted by atomic mass is 10.1. The summed E-state index contributed by atoms with van der Waals surface area (Å²) in [6, 6.07) is 4.92. The molecule has 0 spiro atoms. The van der Waals surface area contributed by atoms with E-state index in [0.717, 1.165) is 12.8 Å². The number of rotatable bonds is 6. The molecule has 1 aromatic heterocycles. The number of carbonyl (C=O) groups is 1. The number of ether oxygens (including phenoxy) is 1. The number of carbonyl (C=O) groups excluding carboxylic acids is 1. The van der Waals surface area contributed by atoms with Gasteiger partial charge in [0, 0.05) is 25.3 Å². The van der Waals surface area contributed by atoms with Crippen LogP contribution < -0.4 is 9.46 Å². The summed E-state index contributed by atoms with van der Waals surface area (Å²) in [7, 11) is -2.52. The van der Waals surface area contributed by atoms with Crippen LogP contribution in [0.25, 0.3) is 0 Å². The van der Waals surface area contributed by atoms with Crippen molar-refractivity contribution in [1.29, 1.82) is 0 Å². The van der Waals surface area contributed by atoms with Crippen LogP contribution in [0.3, 0.4) is 0 Å². The molecule has 27 heavy (non-hydrogen) atoms. The highest BCUT2D eigenvalue weighted by atomic mass is 32.2. The fraction of sp³-hybridized carbons (Fsp3) is 0.389. The molecule has 146 valence electrons. The van der Waals surface area contributed by atoms with E-state index in [1.165, 1.54) is 31.5 Å². The molecular formula is C18H22FN3O4S. The molecule has 1 aliphatic heterocycles. The van der Waals surface area contributed by atoms with Crippen molar-refractivity contribution < 1.29 is 22.3 Å². The van der Waals surface area contributed by atoms with Crippen molar-refractivity contribution in [1.82, 2.24) is 14.6 Å². The van der Waals surface area contributed by atoms with Crippen molar-refractivity contribution in [2.24, 2.45) is 0 Å². The van der Waals surface area contributed by atoms with Crippen molar-refractivity contribution in [3.63, 3.8) is 0 Å². The minimum Gasteiger partial charge on any atom is -0.494 e. The van der Waals surface area contributed by atoms with Gasteiger partial charge in [0.1, 0.15) is 10.6 Å².